The number of amides is 1. The topological polar surface area (TPSA) is 42.0 Å². The van der Waals surface area contributed by atoms with E-state index in [1.807, 2.05) is 17.9 Å². The first-order chi connectivity index (χ1) is 12.0. The lowest BCUT2D eigenvalue weighted by atomic mass is 9.96. The number of hydrogen-bond acceptors (Lipinski definition) is 4. The molecule has 0 aliphatic carbocycles. The van der Waals surface area contributed by atoms with E-state index < -0.39 is 0 Å². The van der Waals surface area contributed by atoms with Crippen LogP contribution >= 0.6 is 0 Å². The van der Waals surface area contributed by atoms with Crippen LogP contribution in [0.15, 0.2) is 18.2 Å². The summed E-state index contributed by atoms with van der Waals surface area (Å²) < 4.78 is 11.7. The van der Waals surface area contributed by atoms with Crippen LogP contribution in [0.2, 0.25) is 6.32 Å². The Hall–Kier alpha value is -1.53. The summed E-state index contributed by atoms with van der Waals surface area (Å²) in [7, 11) is 7.66. The van der Waals surface area contributed by atoms with Crippen molar-refractivity contribution in [1.29, 1.82) is 0 Å². The predicted molar refractivity (Wildman–Crippen MR) is 98.3 cm³/mol. The number of nitrogens with zero attached hydrogens (tertiary/aromatic N) is 2. The standard InChI is InChI=1S/C19H27BN2O3/c1-14-9-15(5-6-20)3-4-18(14)25-17-12-22(13-17)19(23)10-16-11-21(2)7-8-24-16/h3-4,9,16-17H,5-8,10-13H2,1-2H3. The monoisotopic (exact) mass is 342 g/mol. The fraction of sp³-hybridized carbons (Fsp3) is 0.632. The largest absolute Gasteiger partial charge is 0.486 e. The van der Waals surface area contributed by atoms with Crippen molar-refractivity contribution in [1.82, 2.24) is 9.80 Å². The van der Waals surface area contributed by atoms with Crippen molar-refractivity contribution in [2.75, 3.05) is 39.8 Å². The minimum Gasteiger partial charge on any atom is -0.486 e. The Labute approximate surface area is 151 Å². The molecule has 1 amide bonds. The number of hydrogen-bond donors (Lipinski definition) is 0. The number of rotatable bonds is 6. The number of carbonyl (C=O) groups is 1. The summed E-state index contributed by atoms with van der Waals surface area (Å²) >= 11 is 0. The second kappa shape index (κ2) is 8.24. The minimum atomic E-state index is 0.0172. The molecule has 6 heteroatoms. The lowest BCUT2D eigenvalue weighted by molar-refractivity contribution is -0.144. The first-order valence-corrected chi connectivity index (χ1v) is 9.09. The van der Waals surface area contributed by atoms with Gasteiger partial charge in [-0.3, -0.25) is 4.79 Å². The average Bonchev–Trinajstić information content (AvgIpc) is 2.52. The molecule has 1 aromatic carbocycles. The van der Waals surface area contributed by atoms with Crippen LogP contribution in [0.3, 0.4) is 0 Å². The van der Waals surface area contributed by atoms with Crippen molar-refractivity contribution in [3.63, 3.8) is 0 Å². The highest BCUT2D eigenvalue weighted by Gasteiger charge is 2.34. The third-order valence-corrected chi connectivity index (χ3v) is 4.91. The molecule has 3 rings (SSSR count). The Morgan fingerprint density at radius 1 is 1.36 bits per heavy atom. The van der Waals surface area contributed by atoms with E-state index in [2.05, 4.69) is 24.1 Å². The molecule has 0 saturated carbocycles. The van der Waals surface area contributed by atoms with Gasteiger partial charge in [0.05, 0.1) is 40.1 Å². The first-order valence-electron chi connectivity index (χ1n) is 9.09. The molecule has 1 atom stereocenters. The van der Waals surface area contributed by atoms with Crippen molar-refractivity contribution in [3.8, 4) is 5.75 Å². The van der Waals surface area contributed by atoms with Gasteiger partial charge in [-0.25, -0.2) is 0 Å². The molecule has 2 fully saturated rings. The Bertz CT molecular complexity index is 604. The van der Waals surface area contributed by atoms with E-state index in [4.69, 9.17) is 17.3 Å². The molecule has 0 spiro atoms. The summed E-state index contributed by atoms with van der Waals surface area (Å²) in [4.78, 5) is 16.4. The molecule has 2 aliphatic heterocycles. The summed E-state index contributed by atoms with van der Waals surface area (Å²) in [5, 5.41) is 0. The number of benzene rings is 1. The lowest BCUT2D eigenvalue weighted by Gasteiger charge is -2.40. The molecule has 134 valence electrons. The minimum absolute atomic E-state index is 0.0172. The van der Waals surface area contributed by atoms with Crippen LogP contribution in [0.5, 0.6) is 5.75 Å². The van der Waals surface area contributed by atoms with Crippen molar-refractivity contribution in [2.45, 2.75) is 38.3 Å². The number of carbonyl (C=O) groups excluding carboxylic acids is 1. The van der Waals surface area contributed by atoms with E-state index in [0.29, 0.717) is 32.4 Å². The second-order valence-electron chi connectivity index (χ2n) is 7.14. The fourth-order valence-corrected chi connectivity index (χ4v) is 3.38. The Morgan fingerprint density at radius 2 is 2.16 bits per heavy atom. The third kappa shape index (κ3) is 4.76. The van der Waals surface area contributed by atoms with E-state index in [1.54, 1.807) is 0 Å². The Morgan fingerprint density at radius 3 is 2.84 bits per heavy atom. The van der Waals surface area contributed by atoms with Crippen LogP contribution in [0.1, 0.15) is 17.5 Å². The highest BCUT2D eigenvalue weighted by molar-refractivity contribution is 6.08. The van der Waals surface area contributed by atoms with Gasteiger partial charge in [-0.05, 0) is 37.6 Å². The number of morpholine rings is 1. The molecular weight excluding hydrogens is 315 g/mol. The van der Waals surface area contributed by atoms with Gasteiger partial charge in [0.2, 0.25) is 5.91 Å². The van der Waals surface area contributed by atoms with Crippen molar-refractivity contribution in [3.05, 3.63) is 29.3 Å². The van der Waals surface area contributed by atoms with Gasteiger partial charge >= 0.3 is 0 Å². The van der Waals surface area contributed by atoms with Crippen molar-refractivity contribution < 1.29 is 14.3 Å². The Balaban J connectivity index is 1.44. The van der Waals surface area contributed by atoms with Crippen molar-refractivity contribution in [2.24, 2.45) is 0 Å². The summed E-state index contributed by atoms with van der Waals surface area (Å²) in [6, 6.07) is 6.20. The Kier molecular flexibility index (Phi) is 6.02. The second-order valence-corrected chi connectivity index (χ2v) is 7.14. The molecule has 0 aromatic heterocycles. The van der Waals surface area contributed by atoms with Crippen LogP contribution in [0, 0.1) is 6.92 Å². The molecule has 2 radical (unpaired) electrons. The van der Waals surface area contributed by atoms with Crippen LogP contribution in [0.4, 0.5) is 0 Å². The van der Waals surface area contributed by atoms with Gasteiger partial charge in [-0.2, -0.15) is 0 Å². The van der Waals surface area contributed by atoms with E-state index in [9.17, 15) is 4.79 Å². The summed E-state index contributed by atoms with van der Waals surface area (Å²) in [6.07, 6.45) is 2.09. The van der Waals surface area contributed by atoms with Gasteiger partial charge in [-0.15, -0.1) is 0 Å². The maximum absolute atomic E-state index is 12.3. The van der Waals surface area contributed by atoms with Crippen LogP contribution < -0.4 is 4.74 Å². The van der Waals surface area contributed by atoms with Crippen LogP contribution in [-0.2, 0) is 16.0 Å². The van der Waals surface area contributed by atoms with Crippen molar-refractivity contribution >= 4 is 13.8 Å². The van der Waals surface area contributed by atoms with E-state index in [0.717, 1.165) is 30.8 Å². The van der Waals surface area contributed by atoms with Gasteiger partial charge in [-0.1, -0.05) is 18.5 Å². The predicted octanol–water partition coefficient (Wildman–Crippen LogP) is 1.43. The highest BCUT2D eigenvalue weighted by Crippen LogP contribution is 2.24. The van der Waals surface area contributed by atoms with Crippen LogP contribution in [0.25, 0.3) is 0 Å². The van der Waals surface area contributed by atoms with Gasteiger partial charge in [0.15, 0.2) is 0 Å². The number of likely N-dealkylation sites (N-methyl/N-ethyl adjacent to an activating group) is 1. The highest BCUT2D eigenvalue weighted by atomic mass is 16.5. The smallest absolute Gasteiger partial charge is 0.225 e. The average molecular weight is 342 g/mol. The SMILES string of the molecule is [B]CCc1ccc(OC2CN(C(=O)CC3CN(C)CCO3)C2)c(C)c1. The summed E-state index contributed by atoms with van der Waals surface area (Å²) in [5.74, 6) is 1.06. The first kappa shape index (κ1) is 18.3. The molecule has 0 bridgehead atoms. The van der Waals surface area contributed by atoms with Crippen LogP contribution in [-0.4, -0.2) is 75.6 Å². The quantitative estimate of drug-likeness (QED) is 0.734. The number of ether oxygens (including phenoxy) is 2. The van der Waals surface area contributed by atoms with E-state index >= 15 is 0 Å². The van der Waals surface area contributed by atoms with Gasteiger partial charge in [0, 0.05) is 13.1 Å². The molecule has 1 aromatic rings. The molecule has 2 aliphatic rings. The van der Waals surface area contributed by atoms with E-state index in [-0.39, 0.29) is 18.1 Å². The molecule has 0 N–H and O–H groups in total. The molecule has 2 heterocycles. The maximum atomic E-state index is 12.3. The normalized spacial score (nSPS) is 21.8. The number of likely N-dealkylation sites (tertiary alicyclic amines) is 1. The fourth-order valence-electron chi connectivity index (χ4n) is 3.38. The number of aryl methyl sites for hydroxylation is 2. The zero-order valence-electron chi connectivity index (χ0n) is 15.2. The summed E-state index contributed by atoms with van der Waals surface area (Å²) in [5.41, 5.74) is 2.35. The lowest BCUT2D eigenvalue weighted by Crippen LogP contribution is -2.57. The van der Waals surface area contributed by atoms with Gasteiger partial charge in [0.25, 0.3) is 0 Å². The zero-order chi connectivity index (χ0) is 17.8. The van der Waals surface area contributed by atoms with E-state index in [1.165, 1.54) is 5.56 Å². The molecule has 1 unspecified atom stereocenters. The molecule has 5 nitrogen and oxygen atoms in total. The molecule has 2 saturated heterocycles. The summed E-state index contributed by atoms with van der Waals surface area (Å²) in [6.45, 7) is 5.84. The zero-order valence-corrected chi connectivity index (χ0v) is 15.2. The third-order valence-electron chi connectivity index (χ3n) is 4.91. The maximum Gasteiger partial charge on any atom is 0.225 e. The molecule has 25 heavy (non-hydrogen) atoms. The molecular formula is C19H27BN2O3. The van der Waals surface area contributed by atoms with Gasteiger partial charge < -0.3 is 19.3 Å². The van der Waals surface area contributed by atoms with Gasteiger partial charge in [0.1, 0.15) is 11.9 Å².